The number of rotatable bonds is 5. The van der Waals surface area contributed by atoms with Gasteiger partial charge in [-0.05, 0) is 25.7 Å². The van der Waals surface area contributed by atoms with Gasteiger partial charge < -0.3 is 19.0 Å². The molecule has 2 aliphatic rings. The first-order valence-electron chi connectivity index (χ1n) is 6.60. The van der Waals surface area contributed by atoms with Crippen molar-refractivity contribution < 1.29 is 19.0 Å². The molecular formula is C13H22O4. The fraction of sp³-hybridized carbons (Fsp3) is 0.923. The second-order valence-electron chi connectivity index (χ2n) is 4.90. The fourth-order valence-corrected chi connectivity index (χ4v) is 2.83. The SMILES string of the molecule is CCOCC(C=O)C1CCC2(CC1)OCCO2. The Morgan fingerprint density at radius 3 is 2.53 bits per heavy atom. The highest BCUT2D eigenvalue weighted by molar-refractivity contribution is 5.54. The zero-order valence-electron chi connectivity index (χ0n) is 10.5. The van der Waals surface area contributed by atoms with Crippen LogP contribution in [0.15, 0.2) is 0 Å². The van der Waals surface area contributed by atoms with E-state index in [1.807, 2.05) is 6.92 Å². The lowest BCUT2D eigenvalue weighted by atomic mass is 9.78. The first-order valence-corrected chi connectivity index (χ1v) is 6.60. The van der Waals surface area contributed by atoms with Crippen molar-refractivity contribution in [3.05, 3.63) is 0 Å². The molecule has 0 radical (unpaired) electrons. The molecule has 1 unspecified atom stereocenters. The van der Waals surface area contributed by atoms with Crippen LogP contribution in [-0.4, -0.2) is 38.5 Å². The van der Waals surface area contributed by atoms with Gasteiger partial charge in [0.1, 0.15) is 6.29 Å². The first kappa shape index (κ1) is 13.0. The van der Waals surface area contributed by atoms with E-state index in [1.165, 1.54) is 0 Å². The van der Waals surface area contributed by atoms with Gasteiger partial charge >= 0.3 is 0 Å². The molecule has 0 N–H and O–H groups in total. The number of carbonyl (C=O) groups is 1. The van der Waals surface area contributed by atoms with Gasteiger partial charge in [-0.2, -0.15) is 0 Å². The molecule has 17 heavy (non-hydrogen) atoms. The second-order valence-corrected chi connectivity index (χ2v) is 4.90. The molecule has 0 aromatic carbocycles. The molecule has 1 aliphatic heterocycles. The third-order valence-corrected chi connectivity index (χ3v) is 3.90. The van der Waals surface area contributed by atoms with Gasteiger partial charge in [-0.3, -0.25) is 0 Å². The molecule has 0 amide bonds. The lowest BCUT2D eigenvalue weighted by Crippen LogP contribution is -2.38. The molecule has 98 valence electrons. The Bertz CT molecular complexity index is 238. The van der Waals surface area contributed by atoms with E-state index in [0.29, 0.717) is 32.3 Å². The summed E-state index contributed by atoms with van der Waals surface area (Å²) < 4.78 is 16.7. The summed E-state index contributed by atoms with van der Waals surface area (Å²) in [5, 5.41) is 0. The third-order valence-electron chi connectivity index (χ3n) is 3.90. The number of hydrogen-bond acceptors (Lipinski definition) is 4. The lowest BCUT2D eigenvalue weighted by molar-refractivity contribution is -0.185. The van der Waals surface area contributed by atoms with Crippen LogP contribution >= 0.6 is 0 Å². The Hall–Kier alpha value is -0.450. The fourth-order valence-electron chi connectivity index (χ4n) is 2.83. The third kappa shape index (κ3) is 3.06. The van der Waals surface area contributed by atoms with Crippen LogP contribution < -0.4 is 0 Å². The van der Waals surface area contributed by atoms with E-state index in [4.69, 9.17) is 14.2 Å². The summed E-state index contributed by atoms with van der Waals surface area (Å²) in [6, 6.07) is 0. The molecule has 1 spiro atoms. The smallest absolute Gasteiger partial charge is 0.168 e. The van der Waals surface area contributed by atoms with Gasteiger partial charge in [0.15, 0.2) is 5.79 Å². The van der Waals surface area contributed by atoms with E-state index in [1.54, 1.807) is 0 Å². The normalized spacial score (nSPS) is 26.2. The quantitative estimate of drug-likeness (QED) is 0.689. The predicted molar refractivity (Wildman–Crippen MR) is 62.6 cm³/mol. The van der Waals surface area contributed by atoms with Crippen LogP contribution in [0.3, 0.4) is 0 Å². The molecule has 2 rings (SSSR count). The summed E-state index contributed by atoms with van der Waals surface area (Å²) in [5.74, 6) is 0.140. The van der Waals surface area contributed by atoms with Crippen LogP contribution in [0.2, 0.25) is 0 Å². The summed E-state index contributed by atoms with van der Waals surface area (Å²) in [6.07, 6.45) is 4.86. The Kier molecular flexibility index (Phi) is 4.54. The van der Waals surface area contributed by atoms with Crippen molar-refractivity contribution in [2.45, 2.75) is 38.4 Å². The van der Waals surface area contributed by atoms with Crippen LogP contribution in [0.4, 0.5) is 0 Å². The van der Waals surface area contributed by atoms with Crippen LogP contribution in [0.25, 0.3) is 0 Å². The van der Waals surface area contributed by atoms with Gasteiger partial charge in [0.05, 0.1) is 19.8 Å². The van der Waals surface area contributed by atoms with E-state index in [-0.39, 0.29) is 11.7 Å². The summed E-state index contributed by atoms with van der Waals surface area (Å²) in [4.78, 5) is 11.1. The molecule has 1 aliphatic carbocycles. The minimum atomic E-state index is -0.324. The minimum absolute atomic E-state index is 0.0358. The molecule has 4 heteroatoms. The number of aldehydes is 1. The zero-order chi connectivity index (χ0) is 12.1. The average molecular weight is 242 g/mol. The lowest BCUT2D eigenvalue weighted by Gasteiger charge is -2.37. The summed E-state index contributed by atoms with van der Waals surface area (Å²) in [6.45, 7) is 4.60. The summed E-state index contributed by atoms with van der Waals surface area (Å²) >= 11 is 0. The molecule has 1 atom stereocenters. The van der Waals surface area contributed by atoms with E-state index in [9.17, 15) is 4.79 Å². The van der Waals surface area contributed by atoms with Gasteiger partial charge in [0.2, 0.25) is 0 Å². The van der Waals surface area contributed by atoms with Gasteiger partial charge in [-0.25, -0.2) is 0 Å². The zero-order valence-corrected chi connectivity index (χ0v) is 10.5. The first-order chi connectivity index (χ1) is 8.29. The van der Waals surface area contributed by atoms with Gasteiger partial charge in [0.25, 0.3) is 0 Å². The average Bonchev–Trinajstić information content (AvgIpc) is 2.81. The molecule has 0 aromatic heterocycles. The maximum absolute atomic E-state index is 11.1. The van der Waals surface area contributed by atoms with E-state index in [0.717, 1.165) is 32.0 Å². The molecule has 1 saturated heterocycles. The molecule has 1 heterocycles. The Morgan fingerprint density at radius 2 is 2.00 bits per heavy atom. The van der Waals surface area contributed by atoms with Crippen LogP contribution in [0.1, 0.15) is 32.6 Å². The van der Waals surface area contributed by atoms with E-state index < -0.39 is 0 Å². The standard InChI is InChI=1S/C13H22O4/c1-2-15-10-12(9-14)11-3-5-13(6-4-11)16-7-8-17-13/h9,11-12H,2-8,10H2,1H3. The summed E-state index contributed by atoms with van der Waals surface area (Å²) in [5.41, 5.74) is 0. The second kappa shape index (κ2) is 5.94. The predicted octanol–water partition coefficient (Wildman–Crippen LogP) is 1.77. The van der Waals surface area contributed by atoms with Crippen LogP contribution in [-0.2, 0) is 19.0 Å². The number of carbonyl (C=O) groups excluding carboxylic acids is 1. The highest BCUT2D eigenvalue weighted by Gasteiger charge is 2.41. The highest BCUT2D eigenvalue weighted by Crippen LogP contribution is 2.40. The molecule has 4 nitrogen and oxygen atoms in total. The molecule has 0 aromatic rings. The van der Waals surface area contributed by atoms with E-state index in [2.05, 4.69) is 0 Å². The monoisotopic (exact) mass is 242 g/mol. The van der Waals surface area contributed by atoms with Crippen molar-refractivity contribution in [3.8, 4) is 0 Å². The van der Waals surface area contributed by atoms with Crippen LogP contribution in [0.5, 0.6) is 0 Å². The highest BCUT2D eigenvalue weighted by atomic mass is 16.7. The largest absolute Gasteiger partial charge is 0.381 e. The Morgan fingerprint density at radius 1 is 1.35 bits per heavy atom. The maximum atomic E-state index is 11.1. The van der Waals surface area contributed by atoms with Crippen molar-refractivity contribution in [2.24, 2.45) is 11.8 Å². The van der Waals surface area contributed by atoms with Gasteiger partial charge in [-0.15, -0.1) is 0 Å². The molecule has 1 saturated carbocycles. The van der Waals surface area contributed by atoms with Gasteiger partial charge in [-0.1, -0.05) is 0 Å². The molecule has 2 fully saturated rings. The van der Waals surface area contributed by atoms with Crippen molar-refractivity contribution >= 4 is 6.29 Å². The maximum Gasteiger partial charge on any atom is 0.168 e. The Labute approximate surface area is 103 Å². The minimum Gasteiger partial charge on any atom is -0.381 e. The van der Waals surface area contributed by atoms with Gasteiger partial charge in [0, 0.05) is 25.4 Å². The van der Waals surface area contributed by atoms with Crippen LogP contribution in [0, 0.1) is 11.8 Å². The van der Waals surface area contributed by atoms with E-state index >= 15 is 0 Å². The summed E-state index contributed by atoms with van der Waals surface area (Å²) in [7, 11) is 0. The van der Waals surface area contributed by atoms with Crippen molar-refractivity contribution in [1.29, 1.82) is 0 Å². The molecule has 0 bridgehead atoms. The van der Waals surface area contributed by atoms with Crippen molar-refractivity contribution in [2.75, 3.05) is 26.4 Å². The van der Waals surface area contributed by atoms with Crippen molar-refractivity contribution in [1.82, 2.24) is 0 Å². The Balaban J connectivity index is 1.82. The topological polar surface area (TPSA) is 44.8 Å². The number of hydrogen-bond donors (Lipinski definition) is 0. The molecular weight excluding hydrogens is 220 g/mol. The van der Waals surface area contributed by atoms with Crippen molar-refractivity contribution in [3.63, 3.8) is 0 Å². The number of ether oxygens (including phenoxy) is 3.